The Hall–Kier alpha value is -2.85. The van der Waals surface area contributed by atoms with Crippen molar-refractivity contribution in [1.29, 1.82) is 5.26 Å². The van der Waals surface area contributed by atoms with Crippen molar-refractivity contribution in [3.05, 3.63) is 29.0 Å². The lowest BCUT2D eigenvalue weighted by molar-refractivity contribution is 0.475. The van der Waals surface area contributed by atoms with Gasteiger partial charge in [-0.3, -0.25) is 0 Å². The van der Waals surface area contributed by atoms with E-state index in [2.05, 4.69) is 15.1 Å². The van der Waals surface area contributed by atoms with Crippen LogP contribution in [0.25, 0.3) is 22.3 Å². The van der Waals surface area contributed by atoms with E-state index in [4.69, 9.17) is 22.6 Å². The summed E-state index contributed by atoms with van der Waals surface area (Å²) in [4.78, 5) is 8.08. The first-order chi connectivity index (χ1) is 10.0. The van der Waals surface area contributed by atoms with Crippen molar-refractivity contribution in [1.82, 2.24) is 19.7 Å². The summed E-state index contributed by atoms with van der Waals surface area (Å²) in [6.07, 6.45) is 1.35. The number of phenols is 1. The maximum absolute atomic E-state index is 9.84. The van der Waals surface area contributed by atoms with Crippen LogP contribution >= 0.6 is 11.6 Å². The smallest absolute Gasteiger partial charge is 0.163 e. The Bertz CT molecular complexity index is 911. The Morgan fingerprint density at radius 1 is 1.38 bits per heavy atom. The molecule has 2 aromatic heterocycles. The molecule has 2 heterocycles. The van der Waals surface area contributed by atoms with Crippen LogP contribution in [-0.2, 0) is 7.05 Å². The fourth-order valence-electron chi connectivity index (χ4n) is 2.14. The Balaban J connectivity index is 2.37. The van der Waals surface area contributed by atoms with Crippen molar-refractivity contribution in [2.24, 2.45) is 7.05 Å². The number of benzene rings is 1. The number of hydrogen-bond acceptors (Lipinski definition) is 6. The molecule has 0 spiro atoms. The second-order valence-electron chi connectivity index (χ2n) is 4.40. The average molecular weight is 301 g/mol. The number of anilines is 1. The lowest BCUT2D eigenvalue weighted by Crippen LogP contribution is -1.95. The summed E-state index contributed by atoms with van der Waals surface area (Å²) in [6, 6.07) is 4.89. The van der Waals surface area contributed by atoms with Gasteiger partial charge in [0.1, 0.15) is 34.7 Å². The topological polar surface area (TPSA) is 114 Å². The molecule has 3 rings (SSSR count). The number of hydrogen-bond donors (Lipinski definition) is 2. The van der Waals surface area contributed by atoms with Crippen LogP contribution in [-0.4, -0.2) is 24.9 Å². The highest BCUT2D eigenvalue weighted by molar-refractivity contribution is 6.33. The number of nitriles is 1. The molecule has 0 saturated carbocycles. The van der Waals surface area contributed by atoms with Gasteiger partial charge in [0, 0.05) is 12.6 Å². The lowest BCUT2D eigenvalue weighted by atomic mass is 10.1. The van der Waals surface area contributed by atoms with Crippen LogP contribution in [0, 0.1) is 11.3 Å². The van der Waals surface area contributed by atoms with Crippen molar-refractivity contribution in [3.63, 3.8) is 0 Å². The monoisotopic (exact) mass is 300 g/mol. The molecule has 1 aromatic carbocycles. The number of nitrogens with two attached hydrogens (primary N) is 1. The SMILES string of the molecule is Cn1nc(-c2cc(O)c(Cl)c(C#N)c2)c2c(N)ncnc21. The van der Waals surface area contributed by atoms with E-state index in [9.17, 15) is 5.11 Å². The minimum Gasteiger partial charge on any atom is -0.506 e. The number of phenolic OH excluding ortho intramolecular Hbond substituents is 1. The summed E-state index contributed by atoms with van der Waals surface area (Å²) in [5.74, 6) is 0.0796. The second kappa shape index (κ2) is 4.61. The number of aryl methyl sites for hydroxylation is 1. The summed E-state index contributed by atoms with van der Waals surface area (Å²) in [6.45, 7) is 0. The molecule has 0 aliphatic heterocycles. The van der Waals surface area contributed by atoms with E-state index in [1.165, 1.54) is 18.5 Å². The normalized spacial score (nSPS) is 10.7. The highest BCUT2D eigenvalue weighted by atomic mass is 35.5. The van der Waals surface area contributed by atoms with Gasteiger partial charge in [-0.2, -0.15) is 10.4 Å². The van der Waals surface area contributed by atoms with E-state index in [0.717, 1.165) is 0 Å². The molecule has 0 fully saturated rings. The summed E-state index contributed by atoms with van der Waals surface area (Å²) < 4.78 is 1.56. The molecule has 3 aromatic rings. The third-order valence-corrected chi connectivity index (χ3v) is 3.49. The lowest BCUT2D eigenvalue weighted by Gasteiger charge is -2.04. The molecule has 0 aliphatic carbocycles. The van der Waals surface area contributed by atoms with E-state index >= 15 is 0 Å². The third-order valence-electron chi connectivity index (χ3n) is 3.10. The van der Waals surface area contributed by atoms with E-state index < -0.39 is 0 Å². The van der Waals surface area contributed by atoms with Crippen LogP contribution in [0.1, 0.15) is 5.56 Å². The molecular formula is C13H9ClN6O. The Morgan fingerprint density at radius 3 is 2.86 bits per heavy atom. The van der Waals surface area contributed by atoms with Crippen molar-refractivity contribution >= 4 is 28.5 Å². The van der Waals surface area contributed by atoms with E-state index in [0.29, 0.717) is 22.3 Å². The number of aromatic nitrogens is 4. The van der Waals surface area contributed by atoms with Crippen molar-refractivity contribution in [2.75, 3.05) is 5.73 Å². The fourth-order valence-corrected chi connectivity index (χ4v) is 2.29. The predicted molar refractivity (Wildman–Crippen MR) is 77.5 cm³/mol. The van der Waals surface area contributed by atoms with E-state index in [1.54, 1.807) is 11.7 Å². The molecule has 7 nitrogen and oxygen atoms in total. The fraction of sp³-hybridized carbons (Fsp3) is 0.0769. The van der Waals surface area contributed by atoms with Gasteiger partial charge in [-0.05, 0) is 12.1 Å². The highest BCUT2D eigenvalue weighted by Gasteiger charge is 2.18. The standard InChI is InChI=1S/C13H9ClN6O/c1-20-13-9(12(16)17-5-18-13)11(19-20)6-2-7(4-15)10(14)8(21)3-6/h2-3,5,21H,1H3,(H2,16,17,18). The van der Waals surface area contributed by atoms with Crippen LogP contribution in [0.4, 0.5) is 5.82 Å². The quantitative estimate of drug-likeness (QED) is 0.709. The minimum atomic E-state index is -0.194. The van der Waals surface area contributed by atoms with Gasteiger partial charge < -0.3 is 10.8 Å². The molecule has 104 valence electrons. The zero-order valence-electron chi connectivity index (χ0n) is 10.9. The van der Waals surface area contributed by atoms with Gasteiger partial charge in [0.05, 0.1) is 10.9 Å². The molecule has 0 unspecified atom stereocenters. The predicted octanol–water partition coefficient (Wildman–Crippen LogP) is 1.84. The van der Waals surface area contributed by atoms with Crippen molar-refractivity contribution in [2.45, 2.75) is 0 Å². The van der Waals surface area contributed by atoms with Crippen LogP contribution in [0.5, 0.6) is 5.75 Å². The highest BCUT2D eigenvalue weighted by Crippen LogP contribution is 2.36. The summed E-state index contributed by atoms with van der Waals surface area (Å²) >= 11 is 5.86. The zero-order valence-corrected chi connectivity index (χ0v) is 11.6. The number of fused-ring (bicyclic) bond motifs is 1. The largest absolute Gasteiger partial charge is 0.506 e. The second-order valence-corrected chi connectivity index (χ2v) is 4.78. The number of nitrogens with zero attached hydrogens (tertiary/aromatic N) is 5. The molecule has 0 bridgehead atoms. The van der Waals surface area contributed by atoms with Crippen LogP contribution < -0.4 is 5.73 Å². The molecule has 0 saturated heterocycles. The first-order valence-electron chi connectivity index (χ1n) is 5.89. The summed E-state index contributed by atoms with van der Waals surface area (Å²) in [5, 5.41) is 23.8. The molecule has 21 heavy (non-hydrogen) atoms. The molecule has 3 N–H and O–H groups in total. The molecular weight excluding hydrogens is 292 g/mol. The van der Waals surface area contributed by atoms with Gasteiger partial charge in [0.25, 0.3) is 0 Å². The summed E-state index contributed by atoms with van der Waals surface area (Å²) in [5.41, 5.74) is 7.60. The van der Waals surface area contributed by atoms with Gasteiger partial charge >= 0.3 is 0 Å². The average Bonchev–Trinajstić information content (AvgIpc) is 2.81. The van der Waals surface area contributed by atoms with Crippen molar-refractivity contribution < 1.29 is 5.11 Å². The van der Waals surface area contributed by atoms with Gasteiger partial charge in [-0.1, -0.05) is 11.6 Å². The molecule has 8 heteroatoms. The number of halogens is 1. The van der Waals surface area contributed by atoms with Gasteiger partial charge in [0.2, 0.25) is 0 Å². The molecule has 0 amide bonds. The maximum Gasteiger partial charge on any atom is 0.163 e. The van der Waals surface area contributed by atoms with Gasteiger partial charge in [-0.15, -0.1) is 0 Å². The number of rotatable bonds is 1. The van der Waals surface area contributed by atoms with Crippen molar-refractivity contribution in [3.8, 4) is 23.1 Å². The zero-order chi connectivity index (χ0) is 15.1. The maximum atomic E-state index is 9.84. The minimum absolute atomic E-state index is 0.00529. The Morgan fingerprint density at radius 2 is 2.14 bits per heavy atom. The molecule has 0 atom stereocenters. The number of aromatic hydroxyl groups is 1. The Labute approximate surface area is 124 Å². The summed E-state index contributed by atoms with van der Waals surface area (Å²) in [7, 11) is 1.72. The molecule has 0 radical (unpaired) electrons. The first kappa shape index (κ1) is 13.1. The first-order valence-corrected chi connectivity index (χ1v) is 6.27. The van der Waals surface area contributed by atoms with E-state index in [1.807, 2.05) is 6.07 Å². The molecule has 0 aliphatic rings. The number of nitrogen functional groups attached to an aromatic ring is 1. The van der Waals surface area contributed by atoms with Crippen LogP contribution in [0.2, 0.25) is 5.02 Å². The van der Waals surface area contributed by atoms with E-state index in [-0.39, 0.29) is 22.2 Å². The van der Waals surface area contributed by atoms with Gasteiger partial charge in [-0.25, -0.2) is 14.6 Å². The van der Waals surface area contributed by atoms with Crippen LogP contribution in [0.15, 0.2) is 18.5 Å². The van der Waals surface area contributed by atoms with Gasteiger partial charge in [0.15, 0.2) is 5.65 Å². The third kappa shape index (κ3) is 1.93. The Kier molecular flexibility index (Phi) is 2.89. The van der Waals surface area contributed by atoms with Crippen LogP contribution in [0.3, 0.4) is 0 Å².